The second-order valence-electron chi connectivity index (χ2n) is 6.05. The minimum absolute atomic E-state index is 0.000182. The lowest BCUT2D eigenvalue weighted by Gasteiger charge is -2.08. The molecule has 3 rings (SSSR count). The molecule has 0 aliphatic rings. The highest BCUT2D eigenvalue weighted by Gasteiger charge is 2.15. The minimum Gasteiger partial charge on any atom is -0.489 e. The number of nitrogens with one attached hydrogen (secondary N) is 1. The molecule has 0 radical (unpaired) electrons. The number of fused-ring (bicyclic) bond motifs is 1. The molecule has 0 saturated carbocycles. The number of rotatable bonds is 7. The SMILES string of the molecule is CCS(=O)(=O)NC(=O)Cc1csc2cc(OCc3ccc(Cl)cc3Cl)ccc12. The molecule has 2 aromatic carbocycles. The largest absolute Gasteiger partial charge is 0.489 e. The first-order chi connectivity index (χ1) is 13.3. The molecule has 0 bridgehead atoms. The van der Waals surface area contributed by atoms with Gasteiger partial charge in [0, 0.05) is 20.3 Å². The van der Waals surface area contributed by atoms with Crippen molar-refractivity contribution in [2.75, 3.05) is 5.75 Å². The molecule has 1 heterocycles. The van der Waals surface area contributed by atoms with Gasteiger partial charge in [-0.25, -0.2) is 8.42 Å². The van der Waals surface area contributed by atoms with E-state index in [1.165, 1.54) is 18.3 Å². The van der Waals surface area contributed by atoms with Crippen LogP contribution in [0.15, 0.2) is 41.8 Å². The van der Waals surface area contributed by atoms with Crippen molar-refractivity contribution < 1.29 is 17.9 Å². The van der Waals surface area contributed by atoms with Gasteiger partial charge in [-0.15, -0.1) is 11.3 Å². The van der Waals surface area contributed by atoms with Crippen LogP contribution in [0.3, 0.4) is 0 Å². The first kappa shape index (κ1) is 20.9. The summed E-state index contributed by atoms with van der Waals surface area (Å²) in [6.45, 7) is 1.78. The van der Waals surface area contributed by atoms with Crippen molar-refractivity contribution in [1.82, 2.24) is 4.72 Å². The van der Waals surface area contributed by atoms with Crippen LogP contribution in [0, 0.1) is 0 Å². The van der Waals surface area contributed by atoms with Crippen molar-refractivity contribution >= 4 is 60.6 Å². The fourth-order valence-electron chi connectivity index (χ4n) is 2.54. The van der Waals surface area contributed by atoms with Crippen LogP contribution in [-0.2, 0) is 27.8 Å². The first-order valence-corrected chi connectivity index (χ1v) is 11.7. The summed E-state index contributed by atoms with van der Waals surface area (Å²) in [5, 5.41) is 3.85. The predicted molar refractivity (Wildman–Crippen MR) is 114 cm³/mol. The van der Waals surface area contributed by atoms with Crippen molar-refractivity contribution in [2.24, 2.45) is 0 Å². The zero-order chi connectivity index (χ0) is 20.3. The van der Waals surface area contributed by atoms with Crippen molar-refractivity contribution in [3.63, 3.8) is 0 Å². The average molecular weight is 458 g/mol. The van der Waals surface area contributed by atoms with Crippen LogP contribution in [0.5, 0.6) is 5.75 Å². The fraction of sp³-hybridized carbons (Fsp3) is 0.211. The lowest BCUT2D eigenvalue weighted by Crippen LogP contribution is -2.32. The van der Waals surface area contributed by atoms with Gasteiger partial charge in [-0.3, -0.25) is 9.52 Å². The summed E-state index contributed by atoms with van der Waals surface area (Å²) in [7, 11) is -3.56. The summed E-state index contributed by atoms with van der Waals surface area (Å²) in [6.07, 6.45) is -0.000182. The van der Waals surface area contributed by atoms with E-state index in [0.717, 1.165) is 21.2 Å². The van der Waals surface area contributed by atoms with Crippen LogP contribution in [0.25, 0.3) is 10.1 Å². The molecular formula is C19H17Cl2NO4S2. The Hall–Kier alpha value is -1.80. The number of halogens is 2. The highest BCUT2D eigenvalue weighted by molar-refractivity contribution is 7.90. The summed E-state index contributed by atoms with van der Waals surface area (Å²) in [4.78, 5) is 12.0. The molecule has 0 spiro atoms. The van der Waals surface area contributed by atoms with E-state index in [-0.39, 0.29) is 12.2 Å². The Morgan fingerprint density at radius 3 is 2.64 bits per heavy atom. The molecule has 9 heteroatoms. The van der Waals surface area contributed by atoms with Crippen molar-refractivity contribution in [1.29, 1.82) is 0 Å². The summed E-state index contributed by atoms with van der Waals surface area (Å²) >= 11 is 13.5. The summed E-state index contributed by atoms with van der Waals surface area (Å²) < 4.78 is 31.8. The van der Waals surface area contributed by atoms with Gasteiger partial charge in [0.1, 0.15) is 12.4 Å². The van der Waals surface area contributed by atoms with Crippen LogP contribution in [0.1, 0.15) is 18.1 Å². The number of amides is 1. The Morgan fingerprint density at radius 1 is 1.14 bits per heavy atom. The molecule has 0 fully saturated rings. The van der Waals surface area contributed by atoms with Crippen molar-refractivity contribution in [2.45, 2.75) is 20.0 Å². The number of ether oxygens (including phenoxy) is 1. The third kappa shape index (κ3) is 5.17. The lowest BCUT2D eigenvalue weighted by atomic mass is 10.1. The number of hydrogen-bond acceptors (Lipinski definition) is 5. The van der Waals surface area contributed by atoms with Gasteiger partial charge in [-0.05, 0) is 53.6 Å². The maximum atomic E-state index is 12.0. The van der Waals surface area contributed by atoms with Gasteiger partial charge in [0.2, 0.25) is 15.9 Å². The Bertz CT molecular complexity index is 1130. The molecule has 1 N–H and O–H groups in total. The smallest absolute Gasteiger partial charge is 0.237 e. The number of sulfonamides is 1. The molecular weight excluding hydrogens is 441 g/mol. The van der Waals surface area contributed by atoms with Gasteiger partial charge < -0.3 is 4.74 Å². The van der Waals surface area contributed by atoms with E-state index in [1.54, 1.807) is 12.1 Å². The van der Waals surface area contributed by atoms with Gasteiger partial charge in [-0.2, -0.15) is 0 Å². The van der Waals surface area contributed by atoms with E-state index < -0.39 is 15.9 Å². The van der Waals surface area contributed by atoms with Crippen molar-refractivity contribution in [3.05, 3.63) is 63.0 Å². The van der Waals surface area contributed by atoms with E-state index in [1.807, 2.05) is 29.6 Å². The third-order valence-electron chi connectivity index (χ3n) is 4.04. The molecule has 0 unspecified atom stereocenters. The predicted octanol–water partition coefficient (Wildman–Crippen LogP) is 4.80. The maximum absolute atomic E-state index is 12.0. The Kier molecular flexibility index (Phi) is 6.50. The molecule has 0 aliphatic carbocycles. The Balaban J connectivity index is 1.70. The molecule has 148 valence electrons. The van der Waals surface area contributed by atoms with Gasteiger partial charge in [0.25, 0.3) is 0 Å². The van der Waals surface area contributed by atoms with Gasteiger partial charge in [-0.1, -0.05) is 29.3 Å². The van der Waals surface area contributed by atoms with Crippen LogP contribution in [0.2, 0.25) is 10.0 Å². The number of thiophene rings is 1. The van der Waals surface area contributed by atoms with Crippen molar-refractivity contribution in [3.8, 4) is 5.75 Å². The highest BCUT2D eigenvalue weighted by atomic mass is 35.5. The molecule has 28 heavy (non-hydrogen) atoms. The van der Waals surface area contributed by atoms with E-state index in [9.17, 15) is 13.2 Å². The van der Waals surface area contributed by atoms with Gasteiger partial charge >= 0.3 is 0 Å². The molecule has 0 atom stereocenters. The van der Waals surface area contributed by atoms with E-state index in [2.05, 4.69) is 4.72 Å². The van der Waals surface area contributed by atoms with Gasteiger partial charge in [0.15, 0.2) is 0 Å². The lowest BCUT2D eigenvalue weighted by molar-refractivity contribution is -0.118. The first-order valence-electron chi connectivity index (χ1n) is 8.37. The zero-order valence-corrected chi connectivity index (χ0v) is 18.0. The summed E-state index contributed by atoms with van der Waals surface area (Å²) in [6, 6.07) is 10.8. The molecule has 1 aromatic heterocycles. The second-order valence-corrected chi connectivity index (χ2v) is 9.81. The summed E-state index contributed by atoms with van der Waals surface area (Å²) in [5.74, 6) is -0.00857. The quantitative estimate of drug-likeness (QED) is 0.552. The molecule has 0 aliphatic heterocycles. The van der Waals surface area contributed by atoms with E-state index in [4.69, 9.17) is 27.9 Å². The monoisotopic (exact) mass is 457 g/mol. The Morgan fingerprint density at radius 2 is 1.93 bits per heavy atom. The summed E-state index contributed by atoms with van der Waals surface area (Å²) in [5.41, 5.74) is 1.60. The number of carbonyl (C=O) groups is 1. The maximum Gasteiger partial charge on any atom is 0.237 e. The normalized spacial score (nSPS) is 11.5. The minimum atomic E-state index is -3.56. The van der Waals surface area contributed by atoms with Gasteiger partial charge in [0.05, 0.1) is 12.2 Å². The van der Waals surface area contributed by atoms with Crippen LogP contribution >= 0.6 is 34.5 Å². The topological polar surface area (TPSA) is 72.5 Å². The fourth-order valence-corrected chi connectivity index (χ4v) is 4.56. The number of hydrogen-bond donors (Lipinski definition) is 1. The van der Waals surface area contributed by atoms with E-state index >= 15 is 0 Å². The highest BCUT2D eigenvalue weighted by Crippen LogP contribution is 2.31. The standard InChI is InChI=1S/C19H17Cl2NO4S2/c1-2-28(24,25)22-19(23)7-13-11-27-18-9-15(5-6-16(13)18)26-10-12-3-4-14(20)8-17(12)21/h3-6,8-9,11H,2,7,10H2,1H3,(H,22,23). The molecule has 0 saturated heterocycles. The molecule has 3 aromatic rings. The molecule has 5 nitrogen and oxygen atoms in total. The van der Waals surface area contributed by atoms with Crippen LogP contribution in [0.4, 0.5) is 0 Å². The second kappa shape index (κ2) is 8.69. The van der Waals surface area contributed by atoms with E-state index in [0.29, 0.717) is 22.4 Å². The Labute approximate surface area is 177 Å². The third-order valence-corrected chi connectivity index (χ3v) is 6.92. The zero-order valence-electron chi connectivity index (χ0n) is 14.9. The molecule has 1 amide bonds. The number of benzene rings is 2. The number of carbonyl (C=O) groups excluding carboxylic acids is 1. The van der Waals surface area contributed by atoms with Crippen LogP contribution in [-0.4, -0.2) is 20.1 Å². The van der Waals surface area contributed by atoms with Crippen LogP contribution < -0.4 is 9.46 Å². The average Bonchev–Trinajstić information content (AvgIpc) is 3.02.